The zero-order valence-electron chi connectivity index (χ0n) is 11.2. The monoisotopic (exact) mass is 328 g/mol. The number of alkyl halides is 3. The summed E-state index contributed by atoms with van der Waals surface area (Å²) in [7, 11) is 0. The molecular weight excluding hydrogens is 312 g/mol. The molecule has 8 heteroatoms. The van der Waals surface area contributed by atoms with Gasteiger partial charge in [0.05, 0.1) is 18.2 Å². The third-order valence-corrected chi connectivity index (χ3v) is 3.44. The van der Waals surface area contributed by atoms with Crippen molar-refractivity contribution in [3.05, 3.63) is 35.1 Å². The second-order valence-electron chi connectivity index (χ2n) is 4.71. The first kappa shape index (κ1) is 18.2. The van der Waals surface area contributed by atoms with Gasteiger partial charge in [0.25, 0.3) is 0 Å². The molecule has 21 heavy (non-hydrogen) atoms. The van der Waals surface area contributed by atoms with E-state index in [9.17, 15) is 22.7 Å². The topological polar surface area (TPSA) is 35.5 Å². The van der Waals surface area contributed by atoms with Crippen LogP contribution < -0.4 is 5.32 Å². The van der Waals surface area contributed by atoms with E-state index >= 15 is 0 Å². The highest BCUT2D eigenvalue weighted by atomic mass is 35.5. The summed E-state index contributed by atoms with van der Waals surface area (Å²) in [6.07, 6.45) is -4.56. The van der Waals surface area contributed by atoms with E-state index in [-0.39, 0.29) is 18.0 Å². The third kappa shape index (κ3) is 4.29. The Morgan fingerprint density at radius 3 is 2.38 bits per heavy atom. The fraction of sp³-hybridized carbons (Fsp3) is 0.538. The van der Waals surface area contributed by atoms with Crippen molar-refractivity contribution in [3.63, 3.8) is 0 Å². The van der Waals surface area contributed by atoms with Crippen LogP contribution in [0.4, 0.5) is 17.6 Å². The SMILES string of the molecule is Cl.OC[C@@H](c1cc(F)ccc1C(F)(F)F)N1CCNCC1. The standard InChI is InChI=1S/C13H16F4N2O.ClH/c14-9-1-2-11(13(15,16)17)10(7-9)12(8-20)19-5-3-18-4-6-19;/h1-2,7,12,18,20H,3-6,8H2;1H/t12-;/m0./s1. The van der Waals surface area contributed by atoms with E-state index in [0.29, 0.717) is 26.2 Å². The highest BCUT2D eigenvalue weighted by Crippen LogP contribution is 2.36. The van der Waals surface area contributed by atoms with Crippen LogP contribution in [-0.4, -0.2) is 42.8 Å². The Labute approximate surface area is 126 Å². The van der Waals surface area contributed by atoms with Crippen LogP contribution in [0.2, 0.25) is 0 Å². The van der Waals surface area contributed by atoms with E-state index < -0.39 is 30.2 Å². The fourth-order valence-electron chi connectivity index (χ4n) is 2.47. The number of aliphatic hydroxyl groups excluding tert-OH is 1. The van der Waals surface area contributed by atoms with E-state index in [1.165, 1.54) is 0 Å². The van der Waals surface area contributed by atoms with Crippen molar-refractivity contribution in [2.45, 2.75) is 12.2 Å². The number of nitrogens with zero attached hydrogens (tertiary/aromatic N) is 1. The molecule has 1 aliphatic heterocycles. The first-order valence-corrected chi connectivity index (χ1v) is 6.35. The minimum Gasteiger partial charge on any atom is -0.394 e. The maximum atomic E-state index is 13.3. The number of hydrogen-bond donors (Lipinski definition) is 2. The minimum atomic E-state index is -4.56. The number of nitrogens with one attached hydrogen (secondary N) is 1. The van der Waals surface area contributed by atoms with E-state index in [0.717, 1.165) is 18.2 Å². The van der Waals surface area contributed by atoms with Crippen LogP contribution in [-0.2, 0) is 6.18 Å². The predicted molar refractivity (Wildman–Crippen MR) is 72.9 cm³/mol. The molecule has 2 rings (SSSR count). The summed E-state index contributed by atoms with van der Waals surface area (Å²) in [4.78, 5) is 1.74. The fourth-order valence-corrected chi connectivity index (χ4v) is 2.47. The molecular formula is C13H17ClF4N2O. The van der Waals surface area contributed by atoms with Gasteiger partial charge in [-0.1, -0.05) is 0 Å². The Kier molecular flexibility index (Phi) is 6.40. The highest BCUT2D eigenvalue weighted by Gasteiger charge is 2.36. The molecule has 0 spiro atoms. The van der Waals surface area contributed by atoms with E-state index in [1.807, 2.05) is 0 Å². The first-order chi connectivity index (χ1) is 9.43. The van der Waals surface area contributed by atoms with Crippen LogP contribution in [0.3, 0.4) is 0 Å². The molecule has 1 aromatic carbocycles. The van der Waals surface area contributed by atoms with E-state index in [2.05, 4.69) is 5.32 Å². The van der Waals surface area contributed by atoms with Gasteiger partial charge in [0.15, 0.2) is 0 Å². The van der Waals surface area contributed by atoms with Crippen LogP contribution in [0, 0.1) is 5.82 Å². The predicted octanol–water partition coefficient (Wildman–Crippen LogP) is 2.20. The molecule has 1 aromatic rings. The molecule has 0 aromatic heterocycles. The summed E-state index contributed by atoms with van der Waals surface area (Å²) in [5, 5.41) is 12.5. The molecule has 1 saturated heterocycles. The van der Waals surface area contributed by atoms with E-state index in [1.54, 1.807) is 4.90 Å². The van der Waals surface area contributed by atoms with Crippen molar-refractivity contribution in [1.82, 2.24) is 10.2 Å². The molecule has 0 aliphatic carbocycles. The maximum Gasteiger partial charge on any atom is 0.416 e. The van der Waals surface area contributed by atoms with Crippen molar-refractivity contribution in [2.75, 3.05) is 32.8 Å². The maximum absolute atomic E-state index is 13.3. The Morgan fingerprint density at radius 2 is 1.86 bits per heavy atom. The van der Waals surface area contributed by atoms with Crippen molar-refractivity contribution in [1.29, 1.82) is 0 Å². The number of piperazine rings is 1. The van der Waals surface area contributed by atoms with Gasteiger partial charge in [0, 0.05) is 26.2 Å². The van der Waals surface area contributed by atoms with Crippen LogP contribution in [0.1, 0.15) is 17.2 Å². The molecule has 2 N–H and O–H groups in total. The first-order valence-electron chi connectivity index (χ1n) is 6.35. The molecule has 120 valence electrons. The smallest absolute Gasteiger partial charge is 0.394 e. The van der Waals surface area contributed by atoms with Gasteiger partial charge >= 0.3 is 6.18 Å². The van der Waals surface area contributed by atoms with E-state index in [4.69, 9.17) is 0 Å². The van der Waals surface area contributed by atoms with Crippen LogP contribution in [0.5, 0.6) is 0 Å². The Bertz CT molecular complexity index is 464. The number of hydrogen-bond acceptors (Lipinski definition) is 3. The average Bonchev–Trinajstić information content (AvgIpc) is 2.39. The van der Waals surface area contributed by atoms with Gasteiger partial charge in [-0.05, 0) is 23.8 Å². The number of halogens is 5. The second kappa shape index (κ2) is 7.40. The quantitative estimate of drug-likeness (QED) is 0.835. The molecule has 1 heterocycles. The largest absolute Gasteiger partial charge is 0.416 e. The van der Waals surface area contributed by atoms with Crippen molar-refractivity contribution in [3.8, 4) is 0 Å². The lowest BCUT2D eigenvalue weighted by Crippen LogP contribution is -2.46. The average molecular weight is 329 g/mol. The number of benzene rings is 1. The summed E-state index contributed by atoms with van der Waals surface area (Å²) in [5.41, 5.74) is -1.10. The summed E-state index contributed by atoms with van der Waals surface area (Å²) in [6.45, 7) is 1.81. The van der Waals surface area contributed by atoms with Gasteiger partial charge in [0.1, 0.15) is 5.82 Å². The van der Waals surface area contributed by atoms with Gasteiger partial charge in [-0.25, -0.2) is 4.39 Å². The van der Waals surface area contributed by atoms with Crippen molar-refractivity contribution < 1.29 is 22.7 Å². The highest BCUT2D eigenvalue weighted by molar-refractivity contribution is 5.85. The van der Waals surface area contributed by atoms with Crippen molar-refractivity contribution in [2.24, 2.45) is 0 Å². The van der Waals surface area contributed by atoms with Gasteiger partial charge < -0.3 is 10.4 Å². The third-order valence-electron chi connectivity index (χ3n) is 3.44. The van der Waals surface area contributed by atoms with Gasteiger partial charge in [-0.15, -0.1) is 12.4 Å². The van der Waals surface area contributed by atoms with Crippen LogP contribution in [0.25, 0.3) is 0 Å². The Morgan fingerprint density at radius 1 is 1.24 bits per heavy atom. The van der Waals surface area contributed by atoms with Crippen LogP contribution in [0.15, 0.2) is 18.2 Å². The summed E-state index contributed by atoms with van der Waals surface area (Å²) >= 11 is 0. The second-order valence-corrected chi connectivity index (χ2v) is 4.71. The van der Waals surface area contributed by atoms with Gasteiger partial charge in [-0.2, -0.15) is 13.2 Å². The van der Waals surface area contributed by atoms with Gasteiger partial charge in [0.2, 0.25) is 0 Å². The minimum absolute atomic E-state index is 0. The Balaban J connectivity index is 0.00000220. The molecule has 3 nitrogen and oxygen atoms in total. The molecule has 1 aliphatic rings. The molecule has 0 bridgehead atoms. The summed E-state index contributed by atoms with van der Waals surface area (Å²) < 4.78 is 52.3. The molecule has 0 saturated carbocycles. The molecule has 0 radical (unpaired) electrons. The summed E-state index contributed by atoms with van der Waals surface area (Å²) in [5.74, 6) is -0.735. The lowest BCUT2D eigenvalue weighted by atomic mass is 9.98. The van der Waals surface area contributed by atoms with Crippen LogP contribution >= 0.6 is 12.4 Å². The normalized spacial score (nSPS) is 18.1. The van der Waals surface area contributed by atoms with Crippen molar-refractivity contribution >= 4 is 12.4 Å². The molecule has 0 amide bonds. The Hall–Kier alpha value is -0.890. The van der Waals surface area contributed by atoms with Gasteiger partial charge in [-0.3, -0.25) is 4.90 Å². The lowest BCUT2D eigenvalue weighted by Gasteiger charge is -2.35. The molecule has 0 unspecified atom stereocenters. The zero-order chi connectivity index (χ0) is 14.8. The lowest BCUT2D eigenvalue weighted by molar-refractivity contribution is -0.139. The molecule has 1 fully saturated rings. The zero-order valence-corrected chi connectivity index (χ0v) is 12.0. The number of rotatable bonds is 3. The number of aliphatic hydroxyl groups is 1. The summed E-state index contributed by atoms with van der Waals surface area (Å²) in [6, 6.07) is 1.55. The molecule has 1 atom stereocenters.